The summed E-state index contributed by atoms with van der Waals surface area (Å²) in [6.07, 6.45) is 6.70. The predicted octanol–water partition coefficient (Wildman–Crippen LogP) is 3.51. The molecule has 0 aliphatic carbocycles. The largest absolute Gasteiger partial charge is 0.344 e. The van der Waals surface area contributed by atoms with Crippen molar-refractivity contribution in [2.24, 2.45) is 5.92 Å². The molecular weight excluding hydrogens is 341 g/mol. The van der Waals surface area contributed by atoms with Crippen LogP contribution < -0.4 is 10.6 Å². The molecule has 1 fully saturated rings. The van der Waals surface area contributed by atoms with Crippen LogP contribution in [0, 0.1) is 5.92 Å². The van der Waals surface area contributed by atoms with E-state index in [0.29, 0.717) is 12.3 Å². The SMILES string of the molecule is CCC(C)(NC(=O)CCC1CCNCC1)c1nccs1.Cl.Cl. The summed E-state index contributed by atoms with van der Waals surface area (Å²) in [6.45, 7) is 6.35. The zero-order valence-electron chi connectivity index (χ0n) is 13.3. The molecule has 4 nitrogen and oxygen atoms in total. The van der Waals surface area contributed by atoms with Crippen molar-refractivity contribution < 1.29 is 4.79 Å². The zero-order chi connectivity index (χ0) is 14.4. The Kier molecular flexibility index (Phi) is 10.3. The van der Waals surface area contributed by atoms with Gasteiger partial charge in [0.2, 0.25) is 5.91 Å². The smallest absolute Gasteiger partial charge is 0.220 e. The minimum absolute atomic E-state index is 0. The van der Waals surface area contributed by atoms with Crippen LogP contribution in [0.5, 0.6) is 0 Å². The Balaban J connectivity index is 0.00000220. The van der Waals surface area contributed by atoms with Crippen LogP contribution in [-0.2, 0) is 10.3 Å². The molecule has 22 heavy (non-hydrogen) atoms. The van der Waals surface area contributed by atoms with Crippen LogP contribution >= 0.6 is 36.2 Å². The van der Waals surface area contributed by atoms with Gasteiger partial charge < -0.3 is 10.6 Å². The van der Waals surface area contributed by atoms with E-state index >= 15 is 0 Å². The number of thiazole rings is 1. The number of nitrogens with zero attached hydrogens (tertiary/aromatic N) is 1. The Morgan fingerprint density at radius 2 is 2.14 bits per heavy atom. The molecule has 0 bridgehead atoms. The molecule has 1 aromatic heterocycles. The first-order valence-electron chi connectivity index (χ1n) is 7.56. The first kappa shape index (κ1) is 21.6. The first-order chi connectivity index (χ1) is 9.64. The highest BCUT2D eigenvalue weighted by Crippen LogP contribution is 2.26. The summed E-state index contributed by atoms with van der Waals surface area (Å²) in [5.41, 5.74) is -0.320. The average Bonchev–Trinajstić information content (AvgIpc) is 3.01. The monoisotopic (exact) mass is 367 g/mol. The van der Waals surface area contributed by atoms with Gasteiger partial charge in [0.05, 0.1) is 5.54 Å². The van der Waals surface area contributed by atoms with Gasteiger partial charge in [-0.05, 0) is 51.6 Å². The van der Waals surface area contributed by atoms with Crippen LogP contribution in [-0.4, -0.2) is 24.0 Å². The van der Waals surface area contributed by atoms with Crippen LogP contribution in [0.3, 0.4) is 0 Å². The molecular formula is C15H27Cl2N3OS. The van der Waals surface area contributed by atoms with Gasteiger partial charge in [0.15, 0.2) is 0 Å². The second kappa shape index (κ2) is 10.4. The lowest BCUT2D eigenvalue weighted by atomic mass is 9.92. The zero-order valence-corrected chi connectivity index (χ0v) is 15.7. The van der Waals surface area contributed by atoms with Gasteiger partial charge in [0.1, 0.15) is 5.01 Å². The number of piperidine rings is 1. The third-order valence-corrected chi connectivity index (χ3v) is 5.30. The molecule has 1 unspecified atom stereocenters. The number of carbonyl (C=O) groups is 1. The summed E-state index contributed by atoms with van der Waals surface area (Å²) >= 11 is 1.61. The van der Waals surface area contributed by atoms with E-state index in [2.05, 4.69) is 29.5 Å². The predicted molar refractivity (Wildman–Crippen MR) is 97.2 cm³/mol. The van der Waals surface area contributed by atoms with E-state index in [1.807, 2.05) is 5.38 Å². The van der Waals surface area contributed by atoms with Crippen LogP contribution in [0.25, 0.3) is 0 Å². The quantitative estimate of drug-likeness (QED) is 0.808. The summed E-state index contributed by atoms with van der Waals surface area (Å²) in [7, 11) is 0. The first-order valence-corrected chi connectivity index (χ1v) is 8.43. The summed E-state index contributed by atoms with van der Waals surface area (Å²) < 4.78 is 0. The molecule has 1 atom stereocenters. The van der Waals surface area contributed by atoms with Gasteiger partial charge >= 0.3 is 0 Å². The van der Waals surface area contributed by atoms with Crippen LogP contribution in [0.2, 0.25) is 0 Å². The minimum Gasteiger partial charge on any atom is -0.344 e. The lowest BCUT2D eigenvalue weighted by Crippen LogP contribution is -2.43. The topological polar surface area (TPSA) is 54.0 Å². The van der Waals surface area contributed by atoms with Gasteiger partial charge in [-0.1, -0.05) is 6.92 Å². The molecule has 0 aromatic carbocycles. The van der Waals surface area contributed by atoms with E-state index in [4.69, 9.17) is 0 Å². The Labute approximate surface area is 149 Å². The molecule has 0 saturated carbocycles. The van der Waals surface area contributed by atoms with Gasteiger partial charge in [-0.3, -0.25) is 4.79 Å². The number of carbonyl (C=O) groups excluding carboxylic acids is 1. The molecule has 1 aliphatic rings. The third kappa shape index (κ3) is 6.03. The van der Waals surface area contributed by atoms with Crippen molar-refractivity contribution in [1.82, 2.24) is 15.6 Å². The second-order valence-corrected chi connectivity index (χ2v) is 6.70. The minimum atomic E-state index is -0.320. The van der Waals surface area contributed by atoms with Crippen LogP contribution in [0.1, 0.15) is 51.0 Å². The fourth-order valence-corrected chi connectivity index (χ4v) is 3.49. The molecule has 2 N–H and O–H groups in total. The number of halogens is 2. The lowest BCUT2D eigenvalue weighted by Gasteiger charge is -2.28. The Morgan fingerprint density at radius 1 is 1.45 bits per heavy atom. The van der Waals surface area contributed by atoms with Crippen LogP contribution in [0.4, 0.5) is 0 Å². The Hall–Kier alpha value is -0.360. The van der Waals surface area contributed by atoms with E-state index in [-0.39, 0.29) is 36.3 Å². The van der Waals surface area contributed by atoms with Crippen molar-refractivity contribution in [3.63, 3.8) is 0 Å². The molecule has 1 saturated heterocycles. The number of nitrogens with one attached hydrogen (secondary N) is 2. The maximum absolute atomic E-state index is 12.2. The number of rotatable bonds is 6. The van der Waals surface area contributed by atoms with Crippen molar-refractivity contribution in [3.05, 3.63) is 16.6 Å². The van der Waals surface area contributed by atoms with E-state index < -0.39 is 0 Å². The molecule has 0 radical (unpaired) electrons. The van der Waals surface area contributed by atoms with E-state index in [1.54, 1.807) is 17.5 Å². The highest BCUT2D eigenvalue weighted by molar-refractivity contribution is 7.09. The molecule has 7 heteroatoms. The van der Waals surface area contributed by atoms with Crippen molar-refractivity contribution >= 4 is 42.1 Å². The molecule has 1 aliphatic heterocycles. The Morgan fingerprint density at radius 3 is 2.68 bits per heavy atom. The van der Waals surface area contributed by atoms with E-state index in [1.165, 1.54) is 12.8 Å². The van der Waals surface area contributed by atoms with Crippen molar-refractivity contribution in [2.75, 3.05) is 13.1 Å². The number of amides is 1. The molecule has 2 heterocycles. The van der Waals surface area contributed by atoms with Gasteiger partial charge in [0.25, 0.3) is 0 Å². The second-order valence-electron chi connectivity index (χ2n) is 5.80. The van der Waals surface area contributed by atoms with Crippen molar-refractivity contribution in [3.8, 4) is 0 Å². The molecule has 1 aromatic rings. The highest BCUT2D eigenvalue weighted by Gasteiger charge is 2.29. The molecule has 1 amide bonds. The van der Waals surface area contributed by atoms with E-state index in [9.17, 15) is 4.79 Å². The Bertz CT molecular complexity index is 424. The average molecular weight is 368 g/mol. The molecule has 2 rings (SSSR count). The van der Waals surface area contributed by atoms with Gasteiger partial charge in [-0.15, -0.1) is 36.2 Å². The standard InChI is InChI=1S/C15H25N3OS.2ClH/c1-3-15(2,14-17-10-11-20-14)18-13(19)5-4-12-6-8-16-9-7-12;;/h10-12,16H,3-9H2,1-2H3,(H,18,19);2*1H. The highest BCUT2D eigenvalue weighted by atomic mass is 35.5. The molecule has 128 valence electrons. The number of hydrogen-bond donors (Lipinski definition) is 2. The van der Waals surface area contributed by atoms with Gasteiger partial charge in [-0.2, -0.15) is 0 Å². The van der Waals surface area contributed by atoms with E-state index in [0.717, 1.165) is 30.9 Å². The fourth-order valence-electron chi connectivity index (χ4n) is 2.66. The van der Waals surface area contributed by atoms with Crippen molar-refractivity contribution in [1.29, 1.82) is 0 Å². The van der Waals surface area contributed by atoms with Crippen molar-refractivity contribution in [2.45, 2.75) is 51.5 Å². The third-order valence-electron chi connectivity index (χ3n) is 4.27. The summed E-state index contributed by atoms with van der Waals surface area (Å²) in [6, 6.07) is 0. The summed E-state index contributed by atoms with van der Waals surface area (Å²) in [5, 5.41) is 9.50. The van der Waals surface area contributed by atoms with Crippen LogP contribution in [0.15, 0.2) is 11.6 Å². The maximum atomic E-state index is 12.2. The lowest BCUT2D eigenvalue weighted by molar-refractivity contribution is -0.123. The normalized spacial score (nSPS) is 17.7. The van der Waals surface area contributed by atoms with Gasteiger partial charge in [0, 0.05) is 18.0 Å². The van der Waals surface area contributed by atoms with Gasteiger partial charge in [-0.25, -0.2) is 4.98 Å². The fraction of sp³-hybridized carbons (Fsp3) is 0.733. The number of hydrogen-bond acceptors (Lipinski definition) is 4. The summed E-state index contributed by atoms with van der Waals surface area (Å²) in [5.74, 6) is 0.859. The summed E-state index contributed by atoms with van der Waals surface area (Å²) in [4.78, 5) is 16.6. The maximum Gasteiger partial charge on any atom is 0.220 e. The number of aromatic nitrogens is 1. The molecule has 0 spiro atoms.